The summed E-state index contributed by atoms with van der Waals surface area (Å²) in [6, 6.07) is 16.4. The van der Waals surface area contributed by atoms with Gasteiger partial charge in [-0.25, -0.2) is 8.42 Å². The topological polar surface area (TPSA) is 115 Å². The van der Waals surface area contributed by atoms with Crippen LogP contribution in [0.4, 0.5) is 0 Å². The van der Waals surface area contributed by atoms with Crippen LogP contribution in [0.25, 0.3) is 0 Å². The van der Waals surface area contributed by atoms with E-state index in [9.17, 15) is 18.0 Å². The molecule has 0 spiro atoms. The second-order valence-electron chi connectivity index (χ2n) is 6.45. The van der Waals surface area contributed by atoms with Crippen LogP contribution in [-0.4, -0.2) is 26.8 Å². The first-order valence-corrected chi connectivity index (χ1v) is 10.6. The van der Waals surface area contributed by atoms with Crippen molar-refractivity contribution in [1.29, 1.82) is 0 Å². The van der Waals surface area contributed by atoms with Gasteiger partial charge < -0.3 is 9.15 Å². The van der Waals surface area contributed by atoms with E-state index in [2.05, 4.69) is 10.9 Å². The van der Waals surface area contributed by atoms with E-state index in [-0.39, 0.29) is 22.8 Å². The molecular weight excluding hydrogens is 408 g/mol. The van der Waals surface area contributed by atoms with Gasteiger partial charge in [-0.05, 0) is 37.3 Å². The second-order valence-corrected chi connectivity index (χ2v) is 8.44. The largest absolute Gasteiger partial charge is 0.484 e. The smallest absolute Gasteiger partial charge is 0.305 e. The SMILES string of the molecule is Cc1ccc(OCC(=O)NNC(=O)c2occc2CS(=O)(=O)c2ccccc2)cc1. The van der Waals surface area contributed by atoms with Crippen molar-refractivity contribution >= 4 is 21.7 Å². The molecule has 0 aliphatic rings. The molecular formula is C21H20N2O6S. The highest BCUT2D eigenvalue weighted by Gasteiger charge is 2.22. The number of benzene rings is 2. The second kappa shape index (κ2) is 9.27. The molecule has 0 fully saturated rings. The van der Waals surface area contributed by atoms with Gasteiger partial charge in [-0.2, -0.15) is 0 Å². The molecule has 1 heterocycles. The Morgan fingerprint density at radius 2 is 1.67 bits per heavy atom. The van der Waals surface area contributed by atoms with Gasteiger partial charge in [0.05, 0.1) is 16.9 Å². The quantitative estimate of drug-likeness (QED) is 0.559. The first-order chi connectivity index (χ1) is 14.3. The number of furan rings is 1. The lowest BCUT2D eigenvalue weighted by Crippen LogP contribution is -2.44. The van der Waals surface area contributed by atoms with Crippen LogP contribution >= 0.6 is 0 Å². The van der Waals surface area contributed by atoms with E-state index in [1.54, 1.807) is 30.3 Å². The molecule has 9 heteroatoms. The van der Waals surface area contributed by atoms with Gasteiger partial charge >= 0.3 is 5.91 Å². The van der Waals surface area contributed by atoms with Crippen LogP contribution in [0.2, 0.25) is 0 Å². The molecule has 0 bridgehead atoms. The fourth-order valence-corrected chi connectivity index (χ4v) is 3.94. The highest BCUT2D eigenvalue weighted by atomic mass is 32.2. The van der Waals surface area contributed by atoms with Crippen LogP contribution in [-0.2, 0) is 20.4 Å². The molecule has 0 unspecified atom stereocenters. The van der Waals surface area contributed by atoms with Gasteiger partial charge in [0.25, 0.3) is 5.91 Å². The molecule has 0 saturated carbocycles. The van der Waals surface area contributed by atoms with Crippen molar-refractivity contribution in [2.75, 3.05) is 6.61 Å². The molecule has 2 N–H and O–H groups in total. The molecule has 3 aromatic rings. The van der Waals surface area contributed by atoms with E-state index in [1.807, 2.05) is 19.1 Å². The minimum Gasteiger partial charge on any atom is -0.484 e. The average Bonchev–Trinajstić information content (AvgIpc) is 3.19. The summed E-state index contributed by atoms with van der Waals surface area (Å²) in [4.78, 5) is 24.3. The van der Waals surface area contributed by atoms with E-state index in [0.717, 1.165) is 5.56 Å². The summed E-state index contributed by atoms with van der Waals surface area (Å²) >= 11 is 0. The van der Waals surface area contributed by atoms with Crippen molar-refractivity contribution in [3.63, 3.8) is 0 Å². The number of hydrogen-bond donors (Lipinski definition) is 2. The summed E-state index contributed by atoms with van der Waals surface area (Å²) in [5.74, 6) is -1.47. The maximum atomic E-state index is 12.5. The zero-order valence-electron chi connectivity index (χ0n) is 16.1. The zero-order valence-corrected chi connectivity index (χ0v) is 16.9. The number of carbonyl (C=O) groups excluding carboxylic acids is 2. The van der Waals surface area contributed by atoms with E-state index in [4.69, 9.17) is 9.15 Å². The molecule has 0 radical (unpaired) electrons. The highest BCUT2D eigenvalue weighted by Crippen LogP contribution is 2.19. The molecule has 8 nitrogen and oxygen atoms in total. The first-order valence-electron chi connectivity index (χ1n) is 8.98. The molecule has 0 aliphatic heterocycles. The summed E-state index contributed by atoms with van der Waals surface area (Å²) in [5, 5.41) is 0. The monoisotopic (exact) mass is 428 g/mol. The third-order valence-corrected chi connectivity index (χ3v) is 5.79. The standard InChI is InChI=1S/C21H20N2O6S/c1-15-7-9-17(10-8-15)29-13-19(24)22-23-21(25)20-16(11-12-28-20)14-30(26,27)18-5-3-2-4-6-18/h2-12H,13-14H2,1H3,(H,22,24)(H,23,25). The Morgan fingerprint density at radius 1 is 0.967 bits per heavy atom. The number of aryl methyl sites for hydroxylation is 1. The molecule has 0 atom stereocenters. The van der Waals surface area contributed by atoms with Gasteiger partial charge in [0, 0.05) is 5.56 Å². The highest BCUT2D eigenvalue weighted by molar-refractivity contribution is 7.90. The van der Waals surface area contributed by atoms with Crippen LogP contribution < -0.4 is 15.6 Å². The van der Waals surface area contributed by atoms with Crippen LogP contribution in [0.1, 0.15) is 21.7 Å². The normalized spacial score (nSPS) is 11.0. The van der Waals surface area contributed by atoms with E-state index < -0.39 is 27.4 Å². The number of sulfone groups is 1. The fourth-order valence-electron chi connectivity index (χ4n) is 2.57. The van der Waals surface area contributed by atoms with Gasteiger partial charge in [0.1, 0.15) is 5.75 Å². The van der Waals surface area contributed by atoms with E-state index in [0.29, 0.717) is 5.75 Å². The third kappa shape index (κ3) is 5.48. The third-order valence-electron chi connectivity index (χ3n) is 4.11. The molecule has 0 aliphatic carbocycles. The Labute approximate surface area is 173 Å². The van der Waals surface area contributed by atoms with Crippen LogP contribution in [0, 0.1) is 6.92 Å². The Bertz CT molecular complexity index is 1120. The van der Waals surface area contributed by atoms with Gasteiger partial charge in [-0.15, -0.1) is 0 Å². The predicted octanol–water partition coefficient (Wildman–Crippen LogP) is 2.40. The fraction of sp³-hybridized carbons (Fsp3) is 0.143. The summed E-state index contributed by atoms with van der Waals surface area (Å²) < 4.78 is 35.5. The van der Waals surface area contributed by atoms with Crippen LogP contribution in [0.15, 0.2) is 76.2 Å². The molecule has 0 saturated heterocycles. The lowest BCUT2D eigenvalue weighted by Gasteiger charge is -2.09. The lowest BCUT2D eigenvalue weighted by molar-refractivity contribution is -0.123. The maximum Gasteiger partial charge on any atom is 0.305 e. The molecule has 3 rings (SSSR count). The summed E-state index contributed by atoms with van der Waals surface area (Å²) in [7, 11) is -3.66. The van der Waals surface area contributed by atoms with Gasteiger partial charge in [-0.3, -0.25) is 20.4 Å². The van der Waals surface area contributed by atoms with Crippen molar-refractivity contribution in [1.82, 2.24) is 10.9 Å². The Kier molecular flexibility index (Phi) is 6.53. The number of hydrogen-bond acceptors (Lipinski definition) is 6. The van der Waals surface area contributed by atoms with Gasteiger partial charge in [0.15, 0.2) is 22.2 Å². The molecule has 156 valence electrons. The number of amides is 2. The van der Waals surface area contributed by atoms with Gasteiger partial charge in [-0.1, -0.05) is 35.9 Å². The number of carbonyl (C=O) groups is 2. The van der Waals surface area contributed by atoms with Crippen molar-refractivity contribution in [3.05, 3.63) is 83.8 Å². The average molecular weight is 428 g/mol. The predicted molar refractivity (Wildman–Crippen MR) is 108 cm³/mol. The number of nitrogens with one attached hydrogen (secondary N) is 2. The minimum absolute atomic E-state index is 0.138. The molecule has 2 aromatic carbocycles. The zero-order chi connectivity index (χ0) is 21.6. The molecule has 1 aromatic heterocycles. The van der Waals surface area contributed by atoms with Crippen molar-refractivity contribution < 1.29 is 27.2 Å². The van der Waals surface area contributed by atoms with E-state index >= 15 is 0 Å². The van der Waals surface area contributed by atoms with Crippen molar-refractivity contribution in [3.8, 4) is 5.75 Å². The molecule has 2 amide bonds. The Hall–Kier alpha value is -3.59. The summed E-state index contributed by atoms with van der Waals surface area (Å²) in [6.07, 6.45) is 1.22. The van der Waals surface area contributed by atoms with E-state index in [1.165, 1.54) is 24.5 Å². The number of ether oxygens (including phenoxy) is 1. The molecule has 30 heavy (non-hydrogen) atoms. The van der Waals surface area contributed by atoms with Crippen LogP contribution in [0.3, 0.4) is 0 Å². The van der Waals surface area contributed by atoms with Crippen molar-refractivity contribution in [2.24, 2.45) is 0 Å². The number of rotatable bonds is 7. The Morgan fingerprint density at radius 3 is 2.37 bits per heavy atom. The maximum absolute atomic E-state index is 12.5. The number of hydrazine groups is 1. The van der Waals surface area contributed by atoms with Crippen molar-refractivity contribution in [2.45, 2.75) is 17.6 Å². The Balaban J connectivity index is 1.56. The summed E-state index contributed by atoms with van der Waals surface area (Å²) in [6.45, 7) is 1.62. The lowest BCUT2D eigenvalue weighted by atomic mass is 10.2. The first kappa shape index (κ1) is 21.1. The van der Waals surface area contributed by atoms with Gasteiger partial charge in [0.2, 0.25) is 0 Å². The minimum atomic E-state index is -3.66. The van der Waals surface area contributed by atoms with Crippen LogP contribution in [0.5, 0.6) is 5.75 Å². The summed E-state index contributed by atoms with van der Waals surface area (Å²) in [5.41, 5.74) is 5.63.